The summed E-state index contributed by atoms with van der Waals surface area (Å²) in [5.41, 5.74) is 3.18. The summed E-state index contributed by atoms with van der Waals surface area (Å²) in [6.07, 6.45) is 4.47. The number of rotatable bonds is 2. The van der Waals surface area contributed by atoms with E-state index in [0.29, 0.717) is 11.4 Å². The quantitative estimate of drug-likeness (QED) is 0.455. The zero-order valence-electron chi connectivity index (χ0n) is 6.58. The Labute approximate surface area is 67.4 Å². The van der Waals surface area contributed by atoms with Crippen LogP contribution in [0.4, 0.5) is 0 Å². The van der Waals surface area contributed by atoms with Gasteiger partial charge in [-0.15, -0.1) is 5.73 Å². The Hall–Kier alpha value is -0.495. The highest BCUT2D eigenvalue weighted by Crippen LogP contribution is 2.30. The predicted octanol–water partition coefficient (Wildman–Crippen LogP) is 0.900. The number of allylic oxidation sites excluding steroid dienone is 1. The van der Waals surface area contributed by atoms with Gasteiger partial charge in [0.2, 0.25) is 0 Å². The fraction of sp³-hybridized carbons (Fsp3) is 0.625. The van der Waals surface area contributed by atoms with Crippen LogP contribution < -0.4 is 0 Å². The summed E-state index contributed by atoms with van der Waals surface area (Å²) < 4.78 is 0. The van der Waals surface area contributed by atoms with E-state index >= 15 is 0 Å². The minimum absolute atomic E-state index is 0.312. The third-order valence-electron chi connectivity index (χ3n) is 2.28. The van der Waals surface area contributed by atoms with Crippen molar-refractivity contribution in [3.63, 3.8) is 0 Å². The van der Waals surface area contributed by atoms with Gasteiger partial charge in [0.05, 0.1) is 0 Å². The van der Waals surface area contributed by atoms with Gasteiger partial charge in [0.15, 0.2) is 0 Å². The summed E-state index contributed by atoms with van der Waals surface area (Å²) in [7, 11) is -1.35. The topological polar surface area (TPSA) is 40.5 Å². The van der Waals surface area contributed by atoms with Crippen LogP contribution in [0.1, 0.15) is 25.7 Å². The molecule has 0 aliphatic heterocycles. The van der Waals surface area contributed by atoms with E-state index in [-0.39, 0.29) is 0 Å². The molecular weight excluding hydrogens is 139 g/mol. The first-order valence-corrected chi connectivity index (χ1v) is 4.01. The summed E-state index contributed by atoms with van der Waals surface area (Å²) in [5.74, 6) is 0.312. The van der Waals surface area contributed by atoms with Crippen molar-refractivity contribution in [2.45, 2.75) is 25.7 Å². The molecule has 0 spiro atoms. The normalized spacial score (nSPS) is 18.0. The summed E-state index contributed by atoms with van der Waals surface area (Å²) in [5, 5.41) is 17.8. The molecule has 0 saturated heterocycles. The van der Waals surface area contributed by atoms with E-state index in [0.717, 1.165) is 12.8 Å². The number of hydrogen-bond donors (Lipinski definition) is 2. The van der Waals surface area contributed by atoms with Crippen LogP contribution in [0.2, 0.25) is 0 Å². The standard InChI is InChI=1S/C8H13BO2/c1-2-8(9(10)11)7-5-3-4-6-7/h7,10-11H,1,3-6H2. The van der Waals surface area contributed by atoms with E-state index in [2.05, 4.69) is 12.3 Å². The molecule has 60 valence electrons. The monoisotopic (exact) mass is 152 g/mol. The molecule has 0 heterocycles. The zero-order valence-corrected chi connectivity index (χ0v) is 6.58. The molecule has 3 heteroatoms. The second-order valence-electron chi connectivity index (χ2n) is 2.99. The molecule has 1 aliphatic rings. The van der Waals surface area contributed by atoms with Gasteiger partial charge in [0.1, 0.15) is 0 Å². The molecule has 1 aliphatic carbocycles. The second-order valence-corrected chi connectivity index (χ2v) is 2.99. The molecule has 0 radical (unpaired) electrons. The Kier molecular flexibility index (Phi) is 2.95. The first-order valence-electron chi connectivity index (χ1n) is 4.01. The van der Waals surface area contributed by atoms with Crippen LogP contribution in [-0.2, 0) is 0 Å². The molecule has 2 N–H and O–H groups in total. The van der Waals surface area contributed by atoms with Gasteiger partial charge in [-0.25, -0.2) is 0 Å². The molecule has 0 amide bonds. The average Bonchev–Trinajstić information content (AvgIpc) is 2.40. The third kappa shape index (κ3) is 1.97. The van der Waals surface area contributed by atoms with Crippen molar-refractivity contribution in [3.05, 3.63) is 17.8 Å². The van der Waals surface area contributed by atoms with E-state index in [1.54, 1.807) is 0 Å². The van der Waals surface area contributed by atoms with Crippen LogP contribution in [0.25, 0.3) is 0 Å². The molecule has 0 unspecified atom stereocenters. The van der Waals surface area contributed by atoms with E-state index in [1.807, 2.05) is 0 Å². The van der Waals surface area contributed by atoms with E-state index in [1.165, 1.54) is 12.8 Å². The molecule has 0 aromatic carbocycles. The lowest BCUT2D eigenvalue weighted by Gasteiger charge is -2.09. The van der Waals surface area contributed by atoms with Crippen molar-refractivity contribution in [1.29, 1.82) is 0 Å². The summed E-state index contributed by atoms with van der Waals surface area (Å²) in [6.45, 7) is 3.44. The molecule has 0 atom stereocenters. The van der Waals surface area contributed by atoms with Crippen LogP contribution in [-0.4, -0.2) is 17.2 Å². The smallest absolute Gasteiger partial charge is 0.423 e. The largest absolute Gasteiger partial charge is 0.492 e. The Morgan fingerprint density at radius 2 is 1.91 bits per heavy atom. The van der Waals surface area contributed by atoms with Gasteiger partial charge in [-0.3, -0.25) is 0 Å². The highest BCUT2D eigenvalue weighted by atomic mass is 16.4. The highest BCUT2D eigenvalue weighted by Gasteiger charge is 2.26. The van der Waals surface area contributed by atoms with Gasteiger partial charge in [-0.05, 0) is 18.8 Å². The lowest BCUT2D eigenvalue weighted by atomic mass is 9.72. The van der Waals surface area contributed by atoms with Crippen LogP contribution in [0.15, 0.2) is 17.8 Å². The molecular formula is C8H13BO2. The van der Waals surface area contributed by atoms with Gasteiger partial charge in [-0.2, -0.15) is 0 Å². The van der Waals surface area contributed by atoms with Crippen molar-refractivity contribution in [1.82, 2.24) is 0 Å². The summed E-state index contributed by atoms with van der Waals surface area (Å²) >= 11 is 0. The fourth-order valence-electron chi connectivity index (χ4n) is 1.68. The van der Waals surface area contributed by atoms with Gasteiger partial charge in [0, 0.05) is 5.47 Å². The van der Waals surface area contributed by atoms with Crippen LogP contribution in [0, 0.1) is 5.92 Å². The summed E-state index contributed by atoms with van der Waals surface area (Å²) in [4.78, 5) is 0. The van der Waals surface area contributed by atoms with Crippen LogP contribution >= 0.6 is 0 Å². The van der Waals surface area contributed by atoms with Crippen molar-refractivity contribution in [3.8, 4) is 0 Å². The van der Waals surface area contributed by atoms with Crippen molar-refractivity contribution < 1.29 is 10.0 Å². The zero-order chi connectivity index (χ0) is 8.27. The first-order chi connectivity index (χ1) is 5.25. The summed E-state index contributed by atoms with van der Waals surface area (Å²) in [6, 6.07) is 0. The van der Waals surface area contributed by atoms with Gasteiger partial charge >= 0.3 is 7.12 Å². The van der Waals surface area contributed by atoms with Crippen LogP contribution in [0.5, 0.6) is 0 Å². The second kappa shape index (κ2) is 3.77. The molecule has 1 rings (SSSR count). The Morgan fingerprint density at radius 3 is 2.27 bits per heavy atom. The minimum Gasteiger partial charge on any atom is -0.423 e. The Balaban J connectivity index is 2.62. The van der Waals surface area contributed by atoms with E-state index in [4.69, 9.17) is 10.0 Å². The van der Waals surface area contributed by atoms with E-state index < -0.39 is 7.12 Å². The molecule has 2 nitrogen and oxygen atoms in total. The van der Waals surface area contributed by atoms with Crippen molar-refractivity contribution in [2.24, 2.45) is 5.92 Å². The molecule has 0 aromatic heterocycles. The molecule has 1 saturated carbocycles. The van der Waals surface area contributed by atoms with E-state index in [9.17, 15) is 0 Å². The maximum Gasteiger partial charge on any atom is 0.492 e. The van der Waals surface area contributed by atoms with Gasteiger partial charge in [0.25, 0.3) is 0 Å². The first kappa shape index (κ1) is 8.60. The molecule has 0 aromatic rings. The minimum atomic E-state index is -1.35. The number of hydrogen-bond acceptors (Lipinski definition) is 2. The molecule has 11 heavy (non-hydrogen) atoms. The van der Waals surface area contributed by atoms with Crippen LogP contribution in [0.3, 0.4) is 0 Å². The fourth-order valence-corrected chi connectivity index (χ4v) is 1.68. The lowest BCUT2D eigenvalue weighted by Crippen LogP contribution is -2.20. The maximum absolute atomic E-state index is 8.89. The lowest BCUT2D eigenvalue weighted by molar-refractivity contribution is 0.408. The Bertz CT molecular complexity index is 177. The molecule has 1 fully saturated rings. The highest BCUT2D eigenvalue weighted by molar-refractivity contribution is 6.50. The third-order valence-corrected chi connectivity index (χ3v) is 2.28. The van der Waals surface area contributed by atoms with Gasteiger partial charge in [-0.1, -0.05) is 19.4 Å². The SMILES string of the molecule is C=C=C(B(O)O)C1CCCC1. The van der Waals surface area contributed by atoms with Gasteiger partial charge < -0.3 is 10.0 Å². The van der Waals surface area contributed by atoms with Crippen molar-refractivity contribution in [2.75, 3.05) is 0 Å². The molecule has 0 bridgehead atoms. The maximum atomic E-state index is 8.89. The predicted molar refractivity (Wildman–Crippen MR) is 44.8 cm³/mol. The average molecular weight is 152 g/mol. The van der Waals surface area contributed by atoms with Crippen molar-refractivity contribution >= 4 is 7.12 Å². The Morgan fingerprint density at radius 1 is 1.36 bits per heavy atom.